The Morgan fingerprint density at radius 2 is 2.00 bits per heavy atom. The van der Waals surface area contributed by atoms with Crippen molar-refractivity contribution in [3.63, 3.8) is 0 Å². The molecule has 0 bridgehead atoms. The largest absolute Gasteiger partial charge is 0.484 e. The van der Waals surface area contributed by atoms with Crippen molar-refractivity contribution in [2.75, 3.05) is 6.54 Å². The van der Waals surface area contributed by atoms with Crippen molar-refractivity contribution < 1.29 is 4.74 Å². The smallest absolute Gasteiger partial charge is 0.137 e. The van der Waals surface area contributed by atoms with Gasteiger partial charge in [0.25, 0.3) is 0 Å². The van der Waals surface area contributed by atoms with Gasteiger partial charge in [0.2, 0.25) is 0 Å². The first-order valence-electron chi connectivity index (χ1n) is 5.25. The SMILES string of the molecule is Cc1ccc(OC(CN)c2ccsc2)cc1. The van der Waals surface area contributed by atoms with Gasteiger partial charge in [-0.3, -0.25) is 0 Å². The van der Waals surface area contributed by atoms with Crippen LogP contribution in [0, 0.1) is 6.92 Å². The summed E-state index contributed by atoms with van der Waals surface area (Å²) >= 11 is 1.66. The van der Waals surface area contributed by atoms with Gasteiger partial charge in [-0.2, -0.15) is 11.3 Å². The number of benzene rings is 1. The van der Waals surface area contributed by atoms with Gasteiger partial charge in [-0.05, 0) is 35.9 Å². The number of nitrogens with two attached hydrogens (primary N) is 1. The van der Waals surface area contributed by atoms with E-state index in [1.165, 1.54) is 5.56 Å². The lowest BCUT2D eigenvalue weighted by atomic mass is 10.2. The van der Waals surface area contributed by atoms with Gasteiger partial charge in [-0.15, -0.1) is 0 Å². The first-order valence-corrected chi connectivity index (χ1v) is 6.19. The highest BCUT2D eigenvalue weighted by atomic mass is 32.1. The van der Waals surface area contributed by atoms with Crippen molar-refractivity contribution in [2.24, 2.45) is 5.73 Å². The van der Waals surface area contributed by atoms with Crippen LogP contribution in [0.4, 0.5) is 0 Å². The van der Waals surface area contributed by atoms with Gasteiger partial charge in [-0.25, -0.2) is 0 Å². The summed E-state index contributed by atoms with van der Waals surface area (Å²) in [5.74, 6) is 0.868. The molecule has 2 N–H and O–H groups in total. The number of hydrogen-bond donors (Lipinski definition) is 1. The highest BCUT2D eigenvalue weighted by Crippen LogP contribution is 2.23. The molecule has 2 rings (SSSR count). The molecule has 0 amide bonds. The molecule has 16 heavy (non-hydrogen) atoms. The van der Waals surface area contributed by atoms with E-state index in [1.807, 2.05) is 29.6 Å². The normalized spacial score (nSPS) is 12.4. The summed E-state index contributed by atoms with van der Waals surface area (Å²) in [5, 5.41) is 4.11. The van der Waals surface area contributed by atoms with Gasteiger partial charge in [0, 0.05) is 12.1 Å². The Kier molecular flexibility index (Phi) is 3.59. The van der Waals surface area contributed by atoms with Crippen LogP contribution in [0.2, 0.25) is 0 Å². The van der Waals surface area contributed by atoms with Gasteiger partial charge < -0.3 is 10.5 Å². The van der Waals surface area contributed by atoms with Gasteiger partial charge in [-0.1, -0.05) is 17.7 Å². The van der Waals surface area contributed by atoms with Crippen molar-refractivity contribution in [1.82, 2.24) is 0 Å². The summed E-state index contributed by atoms with van der Waals surface area (Å²) < 4.78 is 5.84. The lowest BCUT2D eigenvalue weighted by Crippen LogP contribution is -2.17. The number of hydrogen-bond acceptors (Lipinski definition) is 3. The predicted octanol–water partition coefficient (Wildman–Crippen LogP) is 3.14. The number of rotatable bonds is 4. The van der Waals surface area contributed by atoms with Crippen molar-refractivity contribution >= 4 is 11.3 Å². The zero-order valence-corrected chi connectivity index (χ0v) is 10.0. The summed E-state index contributed by atoms with van der Waals surface area (Å²) in [6.07, 6.45) is -0.0473. The van der Waals surface area contributed by atoms with Crippen LogP contribution in [0.5, 0.6) is 5.75 Å². The van der Waals surface area contributed by atoms with Gasteiger partial charge in [0.1, 0.15) is 11.9 Å². The van der Waals surface area contributed by atoms with E-state index in [1.54, 1.807) is 11.3 Å². The fourth-order valence-corrected chi connectivity index (χ4v) is 2.19. The summed E-state index contributed by atoms with van der Waals surface area (Å²) in [5.41, 5.74) is 8.10. The second-order valence-electron chi connectivity index (χ2n) is 3.71. The van der Waals surface area contributed by atoms with E-state index in [-0.39, 0.29) is 6.10 Å². The molecule has 0 saturated carbocycles. The second-order valence-corrected chi connectivity index (χ2v) is 4.49. The molecule has 0 aliphatic carbocycles. The highest BCUT2D eigenvalue weighted by Gasteiger charge is 2.11. The Bertz CT molecular complexity index is 422. The summed E-state index contributed by atoms with van der Waals surface area (Å²) in [4.78, 5) is 0. The van der Waals surface area contributed by atoms with Crippen LogP contribution in [-0.4, -0.2) is 6.54 Å². The van der Waals surface area contributed by atoms with Gasteiger partial charge >= 0.3 is 0 Å². The number of thiophene rings is 1. The van der Waals surface area contributed by atoms with Crippen LogP contribution >= 0.6 is 11.3 Å². The Morgan fingerprint density at radius 1 is 1.25 bits per heavy atom. The van der Waals surface area contributed by atoms with Crippen LogP contribution < -0.4 is 10.5 Å². The molecule has 1 aromatic heterocycles. The first kappa shape index (κ1) is 11.2. The third-order valence-electron chi connectivity index (χ3n) is 2.43. The van der Waals surface area contributed by atoms with E-state index in [2.05, 4.69) is 18.4 Å². The van der Waals surface area contributed by atoms with Crippen LogP contribution in [0.15, 0.2) is 41.1 Å². The molecular formula is C13H15NOS. The Hall–Kier alpha value is -1.32. The van der Waals surface area contributed by atoms with E-state index in [4.69, 9.17) is 10.5 Å². The van der Waals surface area contributed by atoms with E-state index in [0.717, 1.165) is 11.3 Å². The summed E-state index contributed by atoms with van der Waals surface area (Å²) in [7, 11) is 0. The number of ether oxygens (including phenoxy) is 1. The third-order valence-corrected chi connectivity index (χ3v) is 3.13. The molecule has 3 heteroatoms. The average molecular weight is 233 g/mol. The molecule has 1 atom stereocenters. The molecule has 84 valence electrons. The predicted molar refractivity (Wildman–Crippen MR) is 67.9 cm³/mol. The molecule has 1 heterocycles. The van der Waals surface area contributed by atoms with Gasteiger partial charge in [0.05, 0.1) is 0 Å². The summed E-state index contributed by atoms with van der Waals surface area (Å²) in [6, 6.07) is 10.1. The molecule has 2 aromatic rings. The van der Waals surface area contributed by atoms with E-state index in [0.29, 0.717) is 6.54 Å². The summed E-state index contributed by atoms with van der Waals surface area (Å²) in [6.45, 7) is 2.55. The minimum atomic E-state index is -0.0473. The molecule has 0 radical (unpaired) electrons. The fourth-order valence-electron chi connectivity index (χ4n) is 1.49. The molecule has 1 unspecified atom stereocenters. The van der Waals surface area contributed by atoms with Gasteiger partial charge in [0.15, 0.2) is 0 Å². The van der Waals surface area contributed by atoms with Crippen molar-refractivity contribution in [3.8, 4) is 5.75 Å². The molecule has 2 nitrogen and oxygen atoms in total. The highest BCUT2D eigenvalue weighted by molar-refractivity contribution is 7.07. The standard InChI is InChI=1S/C13H15NOS/c1-10-2-4-12(5-3-10)15-13(8-14)11-6-7-16-9-11/h2-7,9,13H,8,14H2,1H3. The Balaban J connectivity index is 2.10. The third kappa shape index (κ3) is 2.62. The Morgan fingerprint density at radius 3 is 2.56 bits per heavy atom. The molecular weight excluding hydrogens is 218 g/mol. The molecule has 0 aliphatic heterocycles. The minimum Gasteiger partial charge on any atom is -0.484 e. The monoisotopic (exact) mass is 233 g/mol. The maximum atomic E-state index is 5.84. The first-order chi connectivity index (χ1) is 7.79. The van der Waals surface area contributed by atoms with Crippen molar-refractivity contribution in [3.05, 3.63) is 52.2 Å². The van der Waals surface area contributed by atoms with Crippen LogP contribution in [0.3, 0.4) is 0 Å². The second kappa shape index (κ2) is 5.14. The molecule has 0 saturated heterocycles. The maximum Gasteiger partial charge on any atom is 0.137 e. The van der Waals surface area contributed by atoms with Crippen molar-refractivity contribution in [1.29, 1.82) is 0 Å². The lowest BCUT2D eigenvalue weighted by Gasteiger charge is -2.16. The zero-order valence-electron chi connectivity index (χ0n) is 9.22. The number of aryl methyl sites for hydroxylation is 1. The topological polar surface area (TPSA) is 35.2 Å². The average Bonchev–Trinajstić information content (AvgIpc) is 2.82. The fraction of sp³-hybridized carbons (Fsp3) is 0.231. The molecule has 1 aromatic carbocycles. The Labute approximate surface area is 99.7 Å². The van der Waals surface area contributed by atoms with Crippen LogP contribution in [0.1, 0.15) is 17.2 Å². The van der Waals surface area contributed by atoms with E-state index < -0.39 is 0 Å². The molecule has 0 spiro atoms. The van der Waals surface area contributed by atoms with E-state index >= 15 is 0 Å². The van der Waals surface area contributed by atoms with Crippen molar-refractivity contribution in [2.45, 2.75) is 13.0 Å². The molecule has 0 fully saturated rings. The quantitative estimate of drug-likeness (QED) is 0.880. The van der Waals surface area contributed by atoms with E-state index in [9.17, 15) is 0 Å². The molecule has 0 aliphatic rings. The maximum absolute atomic E-state index is 5.84. The van der Waals surface area contributed by atoms with Crippen LogP contribution in [-0.2, 0) is 0 Å². The lowest BCUT2D eigenvalue weighted by molar-refractivity contribution is 0.214. The minimum absolute atomic E-state index is 0.0473. The van der Waals surface area contributed by atoms with Crippen LogP contribution in [0.25, 0.3) is 0 Å². The zero-order chi connectivity index (χ0) is 11.4.